The summed E-state index contributed by atoms with van der Waals surface area (Å²) in [6, 6.07) is 18.4. The lowest BCUT2D eigenvalue weighted by molar-refractivity contribution is -0.116. The Balaban J connectivity index is 1.37. The first-order valence-electron chi connectivity index (χ1n) is 8.41. The summed E-state index contributed by atoms with van der Waals surface area (Å²) in [5, 5.41) is 7.85. The Labute approximate surface area is 155 Å². The van der Waals surface area contributed by atoms with Gasteiger partial charge in [-0.2, -0.15) is 0 Å². The second kappa shape index (κ2) is 7.45. The molecule has 1 amide bonds. The maximum atomic E-state index is 12.2. The van der Waals surface area contributed by atoms with Crippen molar-refractivity contribution in [1.29, 1.82) is 0 Å². The quantitative estimate of drug-likeness (QED) is 0.550. The van der Waals surface area contributed by atoms with Crippen molar-refractivity contribution >= 4 is 33.1 Å². The van der Waals surface area contributed by atoms with Gasteiger partial charge in [-0.05, 0) is 34.9 Å². The van der Waals surface area contributed by atoms with Crippen LogP contribution in [0.2, 0.25) is 0 Å². The molecule has 0 radical (unpaired) electrons. The van der Waals surface area contributed by atoms with Gasteiger partial charge in [0.05, 0.1) is 5.69 Å². The Morgan fingerprint density at radius 3 is 2.77 bits per heavy atom. The van der Waals surface area contributed by atoms with Crippen LogP contribution in [-0.4, -0.2) is 15.9 Å². The van der Waals surface area contributed by atoms with Gasteiger partial charge in [-0.3, -0.25) is 9.78 Å². The lowest BCUT2D eigenvalue weighted by Gasteiger charge is -2.04. The molecule has 0 saturated carbocycles. The molecule has 4 aromatic rings. The Morgan fingerprint density at radius 2 is 1.92 bits per heavy atom. The number of thiazole rings is 1. The number of anilines is 1. The van der Waals surface area contributed by atoms with Crippen LogP contribution in [-0.2, 0) is 11.2 Å². The number of nitrogens with one attached hydrogen (secondary N) is 1. The summed E-state index contributed by atoms with van der Waals surface area (Å²) >= 11 is 1.43. The summed E-state index contributed by atoms with van der Waals surface area (Å²) in [5.41, 5.74) is 2.93. The monoisotopic (exact) mass is 359 g/mol. The molecule has 26 heavy (non-hydrogen) atoms. The van der Waals surface area contributed by atoms with Gasteiger partial charge >= 0.3 is 0 Å². The number of carbonyl (C=O) groups excluding carboxylic acids is 1. The molecule has 2 aromatic carbocycles. The van der Waals surface area contributed by atoms with E-state index in [2.05, 4.69) is 45.6 Å². The third-order valence-corrected chi connectivity index (χ3v) is 4.92. The van der Waals surface area contributed by atoms with E-state index in [1.54, 1.807) is 12.4 Å². The predicted molar refractivity (Wildman–Crippen MR) is 106 cm³/mol. The summed E-state index contributed by atoms with van der Waals surface area (Å²) in [6.45, 7) is 0. The third-order valence-electron chi connectivity index (χ3n) is 4.16. The average molecular weight is 359 g/mol. The van der Waals surface area contributed by atoms with E-state index in [9.17, 15) is 4.79 Å². The van der Waals surface area contributed by atoms with Crippen LogP contribution in [0.5, 0.6) is 0 Å². The average Bonchev–Trinajstić information content (AvgIpc) is 3.15. The van der Waals surface area contributed by atoms with Crippen molar-refractivity contribution in [3.8, 4) is 11.3 Å². The summed E-state index contributed by atoms with van der Waals surface area (Å²) in [5.74, 6) is -0.0229. The fourth-order valence-electron chi connectivity index (χ4n) is 2.81. The van der Waals surface area contributed by atoms with Crippen LogP contribution in [0.25, 0.3) is 22.0 Å². The van der Waals surface area contributed by atoms with Gasteiger partial charge in [0.25, 0.3) is 0 Å². The molecule has 0 aliphatic heterocycles. The number of pyridine rings is 1. The van der Waals surface area contributed by atoms with Crippen LogP contribution >= 0.6 is 11.3 Å². The standard InChI is InChI=1S/C21H17N3OS/c25-20(10-8-15-7-9-16-4-1-2-5-17(16)12-15)24-21-23-19(14-26-21)18-6-3-11-22-13-18/h1-7,9,11-14H,8,10H2,(H,23,24,25). The molecule has 2 heterocycles. The van der Waals surface area contributed by atoms with Gasteiger partial charge in [-0.25, -0.2) is 4.98 Å². The first-order chi connectivity index (χ1) is 12.8. The highest BCUT2D eigenvalue weighted by Crippen LogP contribution is 2.24. The molecular weight excluding hydrogens is 342 g/mol. The molecule has 1 N–H and O–H groups in total. The molecule has 4 nitrogen and oxygen atoms in total. The van der Waals surface area contributed by atoms with Crippen molar-refractivity contribution in [2.24, 2.45) is 0 Å². The second-order valence-electron chi connectivity index (χ2n) is 6.01. The van der Waals surface area contributed by atoms with E-state index in [-0.39, 0.29) is 5.91 Å². The Bertz CT molecular complexity index is 1040. The van der Waals surface area contributed by atoms with Crippen LogP contribution < -0.4 is 5.32 Å². The highest BCUT2D eigenvalue weighted by molar-refractivity contribution is 7.14. The second-order valence-corrected chi connectivity index (χ2v) is 6.87. The smallest absolute Gasteiger partial charge is 0.226 e. The number of aryl methyl sites for hydroxylation is 1. The molecule has 128 valence electrons. The summed E-state index contributed by atoms with van der Waals surface area (Å²) in [7, 11) is 0. The summed E-state index contributed by atoms with van der Waals surface area (Å²) in [6.07, 6.45) is 4.63. The molecular formula is C21H17N3OS. The molecule has 0 unspecified atom stereocenters. The molecule has 0 bridgehead atoms. The molecule has 4 rings (SSSR count). The Kier molecular flexibility index (Phi) is 4.71. The van der Waals surface area contributed by atoms with E-state index < -0.39 is 0 Å². The van der Waals surface area contributed by atoms with E-state index in [4.69, 9.17) is 0 Å². The van der Waals surface area contributed by atoms with Gasteiger partial charge in [-0.1, -0.05) is 42.5 Å². The van der Waals surface area contributed by atoms with Gasteiger partial charge in [0.2, 0.25) is 5.91 Å². The zero-order valence-electron chi connectivity index (χ0n) is 14.1. The number of benzene rings is 2. The minimum Gasteiger partial charge on any atom is -0.302 e. The minimum absolute atomic E-state index is 0.0229. The van der Waals surface area contributed by atoms with E-state index in [1.807, 2.05) is 29.6 Å². The van der Waals surface area contributed by atoms with Crippen LogP contribution in [0, 0.1) is 0 Å². The predicted octanol–water partition coefficient (Wildman–Crippen LogP) is 4.93. The van der Waals surface area contributed by atoms with Crippen molar-refractivity contribution < 1.29 is 4.79 Å². The first kappa shape index (κ1) is 16.4. The highest BCUT2D eigenvalue weighted by Gasteiger charge is 2.08. The normalized spacial score (nSPS) is 10.8. The number of nitrogens with zero attached hydrogens (tertiary/aromatic N) is 2. The zero-order chi connectivity index (χ0) is 17.8. The van der Waals surface area contributed by atoms with Gasteiger partial charge in [0.1, 0.15) is 0 Å². The minimum atomic E-state index is -0.0229. The lowest BCUT2D eigenvalue weighted by atomic mass is 10.0. The molecule has 2 aromatic heterocycles. The SMILES string of the molecule is O=C(CCc1ccc2ccccc2c1)Nc1nc(-c2cccnc2)cs1. The van der Waals surface area contributed by atoms with Gasteiger partial charge in [0, 0.05) is 29.8 Å². The fourth-order valence-corrected chi connectivity index (χ4v) is 3.55. The summed E-state index contributed by atoms with van der Waals surface area (Å²) in [4.78, 5) is 20.8. The maximum Gasteiger partial charge on any atom is 0.226 e. The lowest BCUT2D eigenvalue weighted by Crippen LogP contribution is -2.12. The van der Waals surface area contributed by atoms with E-state index in [0.29, 0.717) is 18.0 Å². The van der Waals surface area contributed by atoms with Crippen molar-refractivity contribution in [2.45, 2.75) is 12.8 Å². The number of hydrogen-bond acceptors (Lipinski definition) is 4. The number of hydrogen-bond donors (Lipinski definition) is 1. The Hall–Kier alpha value is -3.05. The largest absolute Gasteiger partial charge is 0.302 e. The molecule has 0 spiro atoms. The van der Waals surface area contributed by atoms with Crippen molar-refractivity contribution in [1.82, 2.24) is 9.97 Å². The van der Waals surface area contributed by atoms with Crippen molar-refractivity contribution in [3.05, 3.63) is 77.9 Å². The van der Waals surface area contributed by atoms with Crippen molar-refractivity contribution in [2.75, 3.05) is 5.32 Å². The van der Waals surface area contributed by atoms with Crippen molar-refractivity contribution in [3.63, 3.8) is 0 Å². The molecule has 0 atom stereocenters. The number of fused-ring (bicyclic) bond motifs is 1. The van der Waals surface area contributed by atoms with Crippen LogP contribution in [0.3, 0.4) is 0 Å². The van der Waals surface area contributed by atoms with Crippen LogP contribution in [0.1, 0.15) is 12.0 Å². The number of amides is 1. The highest BCUT2D eigenvalue weighted by atomic mass is 32.1. The van der Waals surface area contributed by atoms with Crippen LogP contribution in [0.4, 0.5) is 5.13 Å². The number of rotatable bonds is 5. The fraction of sp³-hybridized carbons (Fsp3) is 0.0952. The number of aromatic nitrogens is 2. The van der Waals surface area contributed by atoms with E-state index >= 15 is 0 Å². The van der Waals surface area contributed by atoms with E-state index in [1.165, 1.54) is 22.1 Å². The topological polar surface area (TPSA) is 54.9 Å². The molecule has 0 saturated heterocycles. The van der Waals surface area contributed by atoms with Gasteiger partial charge in [0.15, 0.2) is 5.13 Å². The van der Waals surface area contributed by atoms with Gasteiger partial charge < -0.3 is 5.32 Å². The molecule has 0 fully saturated rings. The zero-order valence-corrected chi connectivity index (χ0v) is 14.9. The number of carbonyl (C=O) groups is 1. The molecule has 0 aliphatic rings. The van der Waals surface area contributed by atoms with Crippen LogP contribution in [0.15, 0.2) is 72.4 Å². The van der Waals surface area contributed by atoms with Gasteiger partial charge in [-0.15, -0.1) is 11.3 Å². The van der Waals surface area contributed by atoms with E-state index in [0.717, 1.165) is 16.8 Å². The molecule has 0 aliphatic carbocycles. The third kappa shape index (κ3) is 3.78. The molecule has 5 heteroatoms. The Morgan fingerprint density at radius 1 is 1.04 bits per heavy atom. The maximum absolute atomic E-state index is 12.2. The summed E-state index contributed by atoms with van der Waals surface area (Å²) < 4.78 is 0. The first-order valence-corrected chi connectivity index (χ1v) is 9.29.